The molecule has 1 saturated heterocycles. The number of esters is 1. The van der Waals surface area contributed by atoms with Gasteiger partial charge in [0.25, 0.3) is 0 Å². The number of carbonyl (C=O) groups is 1. The lowest BCUT2D eigenvalue weighted by atomic mass is 9.92. The third-order valence-electron chi connectivity index (χ3n) is 2.76. The molecule has 0 atom stereocenters. The zero-order chi connectivity index (χ0) is 10.2. The van der Waals surface area contributed by atoms with Crippen LogP contribution in [0.25, 0.3) is 0 Å². The monoisotopic (exact) mass is 235 g/mol. The number of hydrogen-bond acceptors (Lipinski definition) is 3. The van der Waals surface area contributed by atoms with E-state index in [0.29, 0.717) is 13.0 Å². The molecule has 4 heteroatoms. The number of carbonyl (C=O) groups excluding carboxylic acids is 1. The summed E-state index contributed by atoms with van der Waals surface area (Å²) < 4.78 is 4.88. The Kier molecular flexibility index (Phi) is 8.82. The first kappa shape index (κ1) is 14.7. The molecule has 0 aromatic carbocycles. The van der Waals surface area contributed by atoms with Gasteiger partial charge in [0.15, 0.2) is 0 Å². The first-order valence-electron chi connectivity index (χ1n) is 5.69. The number of ether oxygens (including phenoxy) is 1. The van der Waals surface area contributed by atoms with Crippen LogP contribution in [0.2, 0.25) is 0 Å². The third kappa shape index (κ3) is 6.74. The van der Waals surface area contributed by atoms with E-state index in [1.54, 1.807) is 0 Å². The molecule has 0 aromatic rings. The first-order valence-corrected chi connectivity index (χ1v) is 5.69. The van der Waals surface area contributed by atoms with E-state index in [2.05, 4.69) is 5.32 Å². The van der Waals surface area contributed by atoms with Crippen LogP contribution in [0.5, 0.6) is 0 Å². The van der Waals surface area contributed by atoms with Gasteiger partial charge in [-0.2, -0.15) is 0 Å². The molecule has 0 radical (unpaired) electrons. The van der Waals surface area contributed by atoms with Crippen molar-refractivity contribution in [2.75, 3.05) is 19.7 Å². The highest BCUT2D eigenvalue weighted by molar-refractivity contribution is 5.85. The van der Waals surface area contributed by atoms with Crippen LogP contribution >= 0.6 is 12.4 Å². The summed E-state index contributed by atoms with van der Waals surface area (Å²) in [6, 6.07) is 0. The van der Waals surface area contributed by atoms with Crippen LogP contribution in [-0.4, -0.2) is 25.7 Å². The van der Waals surface area contributed by atoms with Crippen molar-refractivity contribution >= 4 is 18.4 Å². The smallest absolute Gasteiger partial charge is 0.305 e. The maximum atomic E-state index is 11.1. The lowest BCUT2D eigenvalue weighted by Gasteiger charge is -2.22. The second-order valence-corrected chi connectivity index (χ2v) is 3.89. The molecule has 0 saturated carbocycles. The summed E-state index contributed by atoms with van der Waals surface area (Å²) in [7, 11) is 0. The molecule has 3 nitrogen and oxygen atoms in total. The van der Waals surface area contributed by atoms with E-state index in [4.69, 9.17) is 4.74 Å². The first-order chi connectivity index (χ1) is 6.83. The van der Waals surface area contributed by atoms with E-state index < -0.39 is 0 Å². The van der Waals surface area contributed by atoms with Gasteiger partial charge in [-0.15, -0.1) is 12.4 Å². The minimum atomic E-state index is -0.0403. The zero-order valence-corrected chi connectivity index (χ0v) is 10.3. The average Bonchev–Trinajstić information content (AvgIpc) is 2.20. The van der Waals surface area contributed by atoms with Gasteiger partial charge in [0, 0.05) is 6.42 Å². The molecule has 0 amide bonds. The Balaban J connectivity index is 0.00000196. The predicted octanol–water partition coefficient (Wildman–Crippen LogP) is 2.14. The fourth-order valence-electron chi connectivity index (χ4n) is 1.94. The fraction of sp³-hybridized carbons (Fsp3) is 0.909. The van der Waals surface area contributed by atoms with Gasteiger partial charge in [-0.25, -0.2) is 0 Å². The van der Waals surface area contributed by atoms with E-state index in [-0.39, 0.29) is 18.4 Å². The largest absolute Gasteiger partial charge is 0.466 e. The van der Waals surface area contributed by atoms with Crippen molar-refractivity contribution in [3.05, 3.63) is 0 Å². The molecule has 0 unspecified atom stereocenters. The molecule has 1 N–H and O–H groups in total. The minimum absolute atomic E-state index is 0. The maximum absolute atomic E-state index is 11.1. The lowest BCUT2D eigenvalue weighted by Crippen LogP contribution is -2.27. The molecule has 0 aromatic heterocycles. The van der Waals surface area contributed by atoms with E-state index in [1.807, 2.05) is 6.92 Å². The normalized spacial score (nSPS) is 16.9. The summed E-state index contributed by atoms with van der Waals surface area (Å²) in [6.45, 7) is 4.64. The van der Waals surface area contributed by atoms with E-state index in [9.17, 15) is 4.79 Å². The average molecular weight is 236 g/mol. The topological polar surface area (TPSA) is 38.3 Å². The van der Waals surface area contributed by atoms with Crippen LogP contribution in [0, 0.1) is 5.92 Å². The molecule has 15 heavy (non-hydrogen) atoms. The Morgan fingerprint density at radius 3 is 2.67 bits per heavy atom. The highest BCUT2D eigenvalue weighted by Gasteiger charge is 2.13. The number of piperidine rings is 1. The Bertz CT molecular complexity index is 170. The van der Waals surface area contributed by atoms with Crippen LogP contribution in [-0.2, 0) is 9.53 Å². The van der Waals surface area contributed by atoms with Gasteiger partial charge in [-0.1, -0.05) is 0 Å². The summed E-state index contributed by atoms with van der Waals surface area (Å²) in [5.74, 6) is 0.784. The standard InChI is InChI=1S/C11H21NO2.ClH/c1-2-14-11(13)5-3-4-10-6-8-12-9-7-10;/h10,12H,2-9H2,1H3;1H. The quantitative estimate of drug-likeness (QED) is 0.742. The van der Waals surface area contributed by atoms with Gasteiger partial charge in [0.05, 0.1) is 6.61 Å². The van der Waals surface area contributed by atoms with Gasteiger partial charge in [-0.3, -0.25) is 4.79 Å². The van der Waals surface area contributed by atoms with Crippen molar-refractivity contribution in [3.63, 3.8) is 0 Å². The summed E-state index contributed by atoms with van der Waals surface area (Å²) in [6.07, 6.45) is 5.30. The molecule has 0 aliphatic carbocycles. The van der Waals surface area contributed by atoms with Crippen LogP contribution < -0.4 is 5.32 Å². The van der Waals surface area contributed by atoms with Crippen molar-refractivity contribution in [1.29, 1.82) is 0 Å². The molecule has 0 spiro atoms. The number of hydrogen-bond donors (Lipinski definition) is 1. The molecule has 1 heterocycles. The van der Waals surface area contributed by atoms with Gasteiger partial charge in [-0.05, 0) is 51.6 Å². The summed E-state index contributed by atoms with van der Waals surface area (Å²) in [4.78, 5) is 11.1. The Hall–Kier alpha value is -0.280. The van der Waals surface area contributed by atoms with Gasteiger partial charge < -0.3 is 10.1 Å². The van der Waals surface area contributed by atoms with Crippen LogP contribution in [0.4, 0.5) is 0 Å². The van der Waals surface area contributed by atoms with Gasteiger partial charge in [0.2, 0.25) is 0 Å². The summed E-state index contributed by atoms with van der Waals surface area (Å²) in [5.41, 5.74) is 0. The molecule has 90 valence electrons. The van der Waals surface area contributed by atoms with Crippen LogP contribution in [0.3, 0.4) is 0 Å². The van der Waals surface area contributed by atoms with Crippen molar-refractivity contribution in [1.82, 2.24) is 5.32 Å². The van der Waals surface area contributed by atoms with Gasteiger partial charge >= 0.3 is 5.97 Å². The molecule has 1 aliphatic rings. The SMILES string of the molecule is CCOC(=O)CCCC1CCNCC1.Cl. The second kappa shape index (κ2) is 8.98. The Morgan fingerprint density at radius 2 is 2.07 bits per heavy atom. The van der Waals surface area contributed by atoms with Crippen molar-refractivity contribution in [2.24, 2.45) is 5.92 Å². The number of nitrogens with one attached hydrogen (secondary N) is 1. The number of halogens is 1. The van der Waals surface area contributed by atoms with E-state index in [1.165, 1.54) is 19.3 Å². The molecule has 1 aliphatic heterocycles. The predicted molar refractivity (Wildman–Crippen MR) is 63.3 cm³/mol. The molecule has 0 bridgehead atoms. The Labute approximate surface area is 98.4 Å². The summed E-state index contributed by atoms with van der Waals surface area (Å²) in [5, 5.41) is 3.34. The highest BCUT2D eigenvalue weighted by atomic mass is 35.5. The van der Waals surface area contributed by atoms with Crippen molar-refractivity contribution in [2.45, 2.75) is 39.0 Å². The zero-order valence-electron chi connectivity index (χ0n) is 9.46. The highest BCUT2D eigenvalue weighted by Crippen LogP contribution is 2.18. The fourth-order valence-corrected chi connectivity index (χ4v) is 1.94. The maximum Gasteiger partial charge on any atom is 0.305 e. The minimum Gasteiger partial charge on any atom is -0.466 e. The molecule has 1 rings (SSSR count). The van der Waals surface area contributed by atoms with Gasteiger partial charge in [0.1, 0.15) is 0 Å². The third-order valence-corrected chi connectivity index (χ3v) is 2.76. The molecule has 1 fully saturated rings. The van der Waals surface area contributed by atoms with Crippen molar-refractivity contribution in [3.8, 4) is 0 Å². The van der Waals surface area contributed by atoms with E-state index in [0.717, 1.165) is 25.4 Å². The molecular formula is C11H22ClNO2. The van der Waals surface area contributed by atoms with E-state index >= 15 is 0 Å². The second-order valence-electron chi connectivity index (χ2n) is 3.89. The number of rotatable bonds is 5. The van der Waals surface area contributed by atoms with Crippen LogP contribution in [0.1, 0.15) is 39.0 Å². The summed E-state index contributed by atoms with van der Waals surface area (Å²) >= 11 is 0. The van der Waals surface area contributed by atoms with Crippen LogP contribution in [0.15, 0.2) is 0 Å². The van der Waals surface area contributed by atoms with Crippen molar-refractivity contribution < 1.29 is 9.53 Å². The lowest BCUT2D eigenvalue weighted by molar-refractivity contribution is -0.143. The Morgan fingerprint density at radius 1 is 1.40 bits per heavy atom. The molecular weight excluding hydrogens is 214 g/mol.